The Morgan fingerprint density at radius 2 is 1.50 bits per heavy atom. The number of nitrogens with zero attached hydrogens (tertiary/aromatic N) is 2. The molecule has 0 unspecified atom stereocenters. The monoisotopic (exact) mass is 413 g/mol. The molecule has 0 saturated carbocycles. The van der Waals surface area contributed by atoms with Gasteiger partial charge in [0.15, 0.2) is 5.17 Å². The third kappa shape index (κ3) is 4.85. The van der Waals surface area contributed by atoms with Crippen LogP contribution in [0.25, 0.3) is 6.08 Å². The average Bonchev–Trinajstić information content (AvgIpc) is 3.04. The molecule has 30 heavy (non-hydrogen) atoms. The lowest BCUT2D eigenvalue weighted by Gasteiger charge is -2.16. The van der Waals surface area contributed by atoms with Crippen molar-refractivity contribution in [3.63, 3.8) is 0 Å². The number of hydrazine groups is 1. The average molecular weight is 414 g/mol. The van der Waals surface area contributed by atoms with E-state index in [-0.39, 0.29) is 18.2 Å². The molecule has 1 fully saturated rings. The molecule has 1 aliphatic rings. The molecule has 0 bridgehead atoms. The largest absolute Gasteiger partial charge is 0.285 e. The Bertz CT molecular complexity index is 1100. The predicted molar refractivity (Wildman–Crippen MR) is 121 cm³/mol. The van der Waals surface area contributed by atoms with Crippen molar-refractivity contribution in [3.8, 4) is 0 Å². The zero-order valence-electron chi connectivity index (χ0n) is 16.1. The van der Waals surface area contributed by atoms with E-state index in [9.17, 15) is 9.59 Å². The zero-order chi connectivity index (χ0) is 20.8. The number of amidine groups is 1. The number of aliphatic imine (C=N–C) groups is 1. The molecule has 3 aromatic rings. The molecule has 0 radical (unpaired) electrons. The van der Waals surface area contributed by atoms with Crippen LogP contribution < -0.4 is 5.43 Å². The molecule has 0 aromatic heterocycles. The molecule has 1 N–H and O–H groups in total. The van der Waals surface area contributed by atoms with Crippen LogP contribution in [-0.4, -0.2) is 22.0 Å². The summed E-state index contributed by atoms with van der Waals surface area (Å²) in [6.07, 6.45) is 1.97. The summed E-state index contributed by atoms with van der Waals surface area (Å²) in [6.45, 7) is 0. The van der Waals surface area contributed by atoms with Crippen molar-refractivity contribution in [1.29, 1.82) is 0 Å². The first-order chi connectivity index (χ1) is 14.7. The summed E-state index contributed by atoms with van der Waals surface area (Å²) in [6, 6.07) is 28.3. The molecule has 0 spiro atoms. The lowest BCUT2D eigenvalue weighted by molar-refractivity contribution is -0.132. The first-order valence-corrected chi connectivity index (χ1v) is 10.3. The normalized spacial score (nSPS) is 16.3. The van der Waals surface area contributed by atoms with Gasteiger partial charge in [0, 0.05) is 0 Å². The van der Waals surface area contributed by atoms with Crippen molar-refractivity contribution in [2.45, 2.75) is 6.42 Å². The van der Waals surface area contributed by atoms with Crippen LogP contribution in [0.4, 0.5) is 5.69 Å². The molecular formula is C24H19N3O2S. The zero-order valence-corrected chi connectivity index (χ0v) is 16.9. The second-order valence-electron chi connectivity index (χ2n) is 6.59. The van der Waals surface area contributed by atoms with Gasteiger partial charge < -0.3 is 0 Å². The molecule has 0 aliphatic carbocycles. The number of para-hydroxylation sites is 1. The van der Waals surface area contributed by atoms with Crippen LogP contribution in [0.15, 0.2) is 101 Å². The van der Waals surface area contributed by atoms with E-state index >= 15 is 0 Å². The molecule has 148 valence electrons. The van der Waals surface area contributed by atoms with Gasteiger partial charge in [0.1, 0.15) is 0 Å². The Hall–Kier alpha value is -3.64. The summed E-state index contributed by atoms with van der Waals surface area (Å²) in [5.74, 6) is -0.586. The van der Waals surface area contributed by atoms with Crippen LogP contribution >= 0.6 is 11.8 Å². The van der Waals surface area contributed by atoms with E-state index in [0.717, 1.165) is 11.1 Å². The van der Waals surface area contributed by atoms with Crippen molar-refractivity contribution >= 4 is 40.5 Å². The van der Waals surface area contributed by atoms with Gasteiger partial charge in [0.2, 0.25) is 5.91 Å². The van der Waals surface area contributed by atoms with Crippen LogP contribution in [0.2, 0.25) is 0 Å². The van der Waals surface area contributed by atoms with Gasteiger partial charge in [-0.05, 0) is 41.1 Å². The molecule has 3 aromatic carbocycles. The van der Waals surface area contributed by atoms with Crippen molar-refractivity contribution in [1.82, 2.24) is 10.4 Å². The minimum absolute atomic E-state index is 0.172. The molecule has 6 heteroatoms. The number of amides is 2. The number of hydrogen-bond acceptors (Lipinski definition) is 4. The number of thioether (sulfide) groups is 1. The smallest absolute Gasteiger partial charge is 0.273 e. The molecular weight excluding hydrogens is 394 g/mol. The lowest BCUT2D eigenvalue weighted by Crippen LogP contribution is -2.46. The Labute approximate surface area is 179 Å². The number of nitrogens with one attached hydrogen (secondary N) is 1. The van der Waals surface area contributed by atoms with Crippen molar-refractivity contribution < 1.29 is 9.59 Å². The summed E-state index contributed by atoms with van der Waals surface area (Å²) in [7, 11) is 0. The summed E-state index contributed by atoms with van der Waals surface area (Å²) in [4.78, 5) is 30.7. The van der Waals surface area contributed by atoms with Crippen LogP contribution in [0.1, 0.15) is 11.1 Å². The maximum Gasteiger partial charge on any atom is 0.285 e. The Balaban J connectivity index is 1.60. The number of carbonyl (C=O) groups excluding carboxylic acids is 2. The topological polar surface area (TPSA) is 61.8 Å². The number of carbonyl (C=O) groups is 2. The highest BCUT2D eigenvalue weighted by molar-refractivity contribution is 8.18. The SMILES string of the molecule is O=C(Cc1ccccc1)NN1C(=O)/C(=C/c2ccccc2)SC1=Nc1ccccc1. The minimum atomic E-state index is -0.306. The van der Waals surface area contributed by atoms with E-state index in [1.165, 1.54) is 16.8 Å². The summed E-state index contributed by atoms with van der Waals surface area (Å²) in [5.41, 5.74) is 5.20. The second-order valence-corrected chi connectivity index (χ2v) is 7.60. The van der Waals surface area contributed by atoms with Gasteiger partial charge in [-0.15, -0.1) is 0 Å². The minimum Gasteiger partial charge on any atom is -0.273 e. The van der Waals surface area contributed by atoms with Crippen LogP contribution in [-0.2, 0) is 16.0 Å². The summed E-state index contributed by atoms with van der Waals surface area (Å²) in [5, 5.41) is 1.65. The van der Waals surface area contributed by atoms with E-state index in [4.69, 9.17) is 0 Å². The Morgan fingerprint density at radius 1 is 0.900 bits per heavy atom. The van der Waals surface area contributed by atoms with Gasteiger partial charge in [-0.2, -0.15) is 5.01 Å². The molecule has 1 saturated heterocycles. The molecule has 4 rings (SSSR count). The van der Waals surface area contributed by atoms with Gasteiger partial charge in [-0.25, -0.2) is 4.99 Å². The van der Waals surface area contributed by atoms with Gasteiger partial charge >= 0.3 is 0 Å². The fourth-order valence-corrected chi connectivity index (χ4v) is 3.85. The van der Waals surface area contributed by atoms with E-state index in [1.54, 1.807) is 6.08 Å². The summed E-state index contributed by atoms with van der Waals surface area (Å²) >= 11 is 1.24. The van der Waals surface area contributed by atoms with Crippen molar-refractivity contribution in [2.75, 3.05) is 0 Å². The maximum atomic E-state index is 13.0. The quantitative estimate of drug-likeness (QED) is 0.624. The molecule has 1 heterocycles. The summed E-state index contributed by atoms with van der Waals surface area (Å²) < 4.78 is 0. The standard InChI is InChI=1S/C24H19N3O2S/c28-22(17-19-12-6-2-7-13-19)26-27-23(29)21(16-18-10-4-1-5-11-18)30-24(27)25-20-14-8-3-9-15-20/h1-16H,17H2,(H,26,28)/b21-16-,25-24?. The van der Waals surface area contributed by atoms with Gasteiger partial charge in [0.25, 0.3) is 5.91 Å². The van der Waals surface area contributed by atoms with Crippen molar-refractivity contribution in [3.05, 3.63) is 107 Å². The highest BCUT2D eigenvalue weighted by atomic mass is 32.2. The van der Waals surface area contributed by atoms with E-state index in [0.29, 0.717) is 15.8 Å². The van der Waals surface area contributed by atoms with Crippen LogP contribution in [0.3, 0.4) is 0 Å². The van der Waals surface area contributed by atoms with Gasteiger partial charge in [-0.3, -0.25) is 15.0 Å². The van der Waals surface area contributed by atoms with Crippen molar-refractivity contribution in [2.24, 2.45) is 4.99 Å². The van der Waals surface area contributed by atoms with E-state index in [2.05, 4.69) is 10.4 Å². The fraction of sp³-hybridized carbons (Fsp3) is 0.0417. The first-order valence-electron chi connectivity index (χ1n) is 9.45. The number of rotatable bonds is 5. The van der Waals surface area contributed by atoms with E-state index < -0.39 is 0 Å². The predicted octanol–water partition coefficient (Wildman–Crippen LogP) is 4.56. The van der Waals surface area contributed by atoms with E-state index in [1.807, 2.05) is 91.0 Å². The fourth-order valence-electron chi connectivity index (χ4n) is 2.91. The van der Waals surface area contributed by atoms with Crippen LogP contribution in [0.5, 0.6) is 0 Å². The van der Waals surface area contributed by atoms with Crippen LogP contribution in [0, 0.1) is 0 Å². The Kier molecular flexibility index (Phi) is 6.06. The highest BCUT2D eigenvalue weighted by Gasteiger charge is 2.35. The number of hydrogen-bond donors (Lipinski definition) is 1. The molecule has 5 nitrogen and oxygen atoms in total. The third-order valence-electron chi connectivity index (χ3n) is 4.33. The second kappa shape index (κ2) is 9.24. The molecule has 0 atom stereocenters. The number of benzene rings is 3. The molecule has 1 aliphatic heterocycles. The molecule has 2 amide bonds. The van der Waals surface area contributed by atoms with Gasteiger partial charge in [0.05, 0.1) is 17.0 Å². The third-order valence-corrected chi connectivity index (χ3v) is 5.30. The first kappa shape index (κ1) is 19.7. The van der Waals surface area contributed by atoms with Gasteiger partial charge in [-0.1, -0.05) is 78.9 Å². The highest BCUT2D eigenvalue weighted by Crippen LogP contribution is 2.33. The Morgan fingerprint density at radius 3 is 2.17 bits per heavy atom. The maximum absolute atomic E-state index is 13.0. The lowest BCUT2D eigenvalue weighted by atomic mass is 10.1.